The highest BCUT2D eigenvalue weighted by molar-refractivity contribution is 5.06. The standard InChI is InChI=1S/C9H16N2O/c1-9(2,3)5-7-4-8(6-10)12-11-7/h4H,5-6,10H2,1-3H3. The van der Waals surface area contributed by atoms with Gasteiger partial charge in [-0.2, -0.15) is 0 Å². The smallest absolute Gasteiger partial charge is 0.150 e. The van der Waals surface area contributed by atoms with E-state index in [1.165, 1.54) is 0 Å². The molecule has 68 valence electrons. The second-order valence-electron chi connectivity index (χ2n) is 4.23. The molecule has 0 saturated heterocycles. The molecule has 2 N–H and O–H groups in total. The van der Waals surface area contributed by atoms with Gasteiger partial charge in [0.2, 0.25) is 0 Å². The van der Waals surface area contributed by atoms with Crippen LogP contribution in [-0.2, 0) is 13.0 Å². The van der Waals surface area contributed by atoms with Crippen LogP contribution in [0.5, 0.6) is 0 Å². The summed E-state index contributed by atoms with van der Waals surface area (Å²) in [7, 11) is 0. The lowest BCUT2D eigenvalue weighted by Gasteiger charge is -2.14. The molecule has 0 aliphatic heterocycles. The molecule has 0 fully saturated rings. The van der Waals surface area contributed by atoms with Crippen LogP contribution < -0.4 is 5.73 Å². The van der Waals surface area contributed by atoms with Crippen molar-refractivity contribution in [3.05, 3.63) is 17.5 Å². The number of rotatable bonds is 2. The van der Waals surface area contributed by atoms with Gasteiger partial charge in [-0.05, 0) is 11.8 Å². The third kappa shape index (κ3) is 2.66. The van der Waals surface area contributed by atoms with Gasteiger partial charge in [-0.15, -0.1) is 0 Å². The molecule has 3 heteroatoms. The molecule has 1 aromatic heterocycles. The molecule has 0 radical (unpaired) electrons. The number of hydrogen-bond acceptors (Lipinski definition) is 3. The van der Waals surface area contributed by atoms with Crippen LogP contribution in [-0.4, -0.2) is 5.16 Å². The van der Waals surface area contributed by atoms with Gasteiger partial charge in [0.25, 0.3) is 0 Å². The van der Waals surface area contributed by atoms with Gasteiger partial charge < -0.3 is 10.3 Å². The molecule has 1 rings (SSSR count). The third-order valence-electron chi connectivity index (χ3n) is 1.52. The summed E-state index contributed by atoms with van der Waals surface area (Å²) in [6.45, 7) is 6.94. The van der Waals surface area contributed by atoms with E-state index < -0.39 is 0 Å². The monoisotopic (exact) mass is 168 g/mol. The average molecular weight is 168 g/mol. The van der Waals surface area contributed by atoms with Crippen molar-refractivity contribution < 1.29 is 4.52 Å². The molecule has 3 nitrogen and oxygen atoms in total. The first-order valence-electron chi connectivity index (χ1n) is 4.16. The van der Waals surface area contributed by atoms with E-state index in [0.717, 1.165) is 17.9 Å². The largest absolute Gasteiger partial charge is 0.360 e. The number of nitrogens with zero attached hydrogens (tertiary/aromatic N) is 1. The summed E-state index contributed by atoms with van der Waals surface area (Å²) in [4.78, 5) is 0. The minimum absolute atomic E-state index is 0.253. The molecule has 0 aliphatic carbocycles. The van der Waals surface area contributed by atoms with Crippen LogP contribution in [0, 0.1) is 5.41 Å². The van der Waals surface area contributed by atoms with Crippen LogP contribution >= 0.6 is 0 Å². The number of nitrogens with two attached hydrogens (primary N) is 1. The average Bonchev–Trinajstić information content (AvgIpc) is 2.32. The minimum Gasteiger partial charge on any atom is -0.360 e. The summed E-state index contributed by atoms with van der Waals surface area (Å²) in [6, 6.07) is 1.92. The maximum atomic E-state index is 5.39. The lowest BCUT2D eigenvalue weighted by molar-refractivity contribution is 0.355. The quantitative estimate of drug-likeness (QED) is 0.731. The topological polar surface area (TPSA) is 52.0 Å². The second-order valence-corrected chi connectivity index (χ2v) is 4.23. The summed E-state index contributed by atoms with van der Waals surface area (Å²) < 4.78 is 4.98. The van der Waals surface area contributed by atoms with E-state index in [1.807, 2.05) is 6.07 Å². The zero-order chi connectivity index (χ0) is 9.19. The molecule has 0 aliphatic rings. The van der Waals surface area contributed by atoms with Gasteiger partial charge in [0, 0.05) is 6.07 Å². The van der Waals surface area contributed by atoms with Crippen molar-refractivity contribution in [1.29, 1.82) is 0 Å². The summed E-state index contributed by atoms with van der Waals surface area (Å²) in [5.41, 5.74) is 6.63. The Morgan fingerprint density at radius 1 is 1.50 bits per heavy atom. The van der Waals surface area contributed by atoms with Gasteiger partial charge in [0.05, 0.1) is 12.2 Å². The fraction of sp³-hybridized carbons (Fsp3) is 0.667. The lowest BCUT2D eigenvalue weighted by Crippen LogP contribution is -2.09. The fourth-order valence-electron chi connectivity index (χ4n) is 1.08. The molecular formula is C9H16N2O. The van der Waals surface area contributed by atoms with Crippen molar-refractivity contribution in [3.63, 3.8) is 0 Å². The van der Waals surface area contributed by atoms with Gasteiger partial charge in [0.1, 0.15) is 0 Å². The zero-order valence-corrected chi connectivity index (χ0v) is 7.92. The van der Waals surface area contributed by atoms with Crippen LogP contribution in [0.25, 0.3) is 0 Å². The van der Waals surface area contributed by atoms with Crippen LogP contribution in [0.15, 0.2) is 10.6 Å². The van der Waals surface area contributed by atoms with Crippen molar-refractivity contribution in [3.8, 4) is 0 Å². The molecule has 0 aromatic carbocycles. The molecule has 0 bridgehead atoms. The molecule has 1 heterocycles. The van der Waals surface area contributed by atoms with Gasteiger partial charge in [0.15, 0.2) is 5.76 Å². The molecule has 0 atom stereocenters. The predicted molar refractivity (Wildman–Crippen MR) is 47.6 cm³/mol. The summed E-state index contributed by atoms with van der Waals surface area (Å²) in [5, 5.41) is 3.92. The Hall–Kier alpha value is -0.830. The highest BCUT2D eigenvalue weighted by Crippen LogP contribution is 2.19. The van der Waals surface area contributed by atoms with E-state index in [-0.39, 0.29) is 5.41 Å². The van der Waals surface area contributed by atoms with Crippen molar-refractivity contribution >= 4 is 0 Å². The first kappa shape index (κ1) is 9.26. The lowest BCUT2D eigenvalue weighted by atomic mass is 9.90. The Labute approximate surface area is 72.9 Å². The summed E-state index contributed by atoms with van der Waals surface area (Å²) in [5.74, 6) is 0.759. The van der Waals surface area contributed by atoms with Crippen molar-refractivity contribution in [2.45, 2.75) is 33.7 Å². The molecular weight excluding hydrogens is 152 g/mol. The normalized spacial score (nSPS) is 12.0. The van der Waals surface area contributed by atoms with Crippen molar-refractivity contribution in [1.82, 2.24) is 5.16 Å². The van der Waals surface area contributed by atoms with Crippen LogP contribution in [0.3, 0.4) is 0 Å². The van der Waals surface area contributed by atoms with E-state index >= 15 is 0 Å². The summed E-state index contributed by atoms with van der Waals surface area (Å²) in [6.07, 6.45) is 0.927. The SMILES string of the molecule is CC(C)(C)Cc1cc(CN)on1. The minimum atomic E-state index is 0.253. The van der Waals surface area contributed by atoms with E-state index in [9.17, 15) is 0 Å². The highest BCUT2D eigenvalue weighted by atomic mass is 16.5. The van der Waals surface area contributed by atoms with Crippen LogP contribution in [0.4, 0.5) is 0 Å². The van der Waals surface area contributed by atoms with Crippen LogP contribution in [0.1, 0.15) is 32.2 Å². The molecule has 0 amide bonds. The first-order chi connectivity index (χ1) is 5.51. The Kier molecular flexibility index (Phi) is 2.52. The fourth-order valence-corrected chi connectivity index (χ4v) is 1.08. The van der Waals surface area contributed by atoms with E-state index in [0.29, 0.717) is 6.54 Å². The van der Waals surface area contributed by atoms with Gasteiger partial charge in [-0.3, -0.25) is 0 Å². The van der Waals surface area contributed by atoms with Crippen molar-refractivity contribution in [2.24, 2.45) is 11.1 Å². The molecule has 0 saturated carbocycles. The van der Waals surface area contributed by atoms with Crippen LogP contribution in [0.2, 0.25) is 0 Å². The van der Waals surface area contributed by atoms with E-state index in [1.54, 1.807) is 0 Å². The Bertz CT molecular complexity index is 247. The van der Waals surface area contributed by atoms with Gasteiger partial charge >= 0.3 is 0 Å². The van der Waals surface area contributed by atoms with Gasteiger partial charge in [-0.1, -0.05) is 25.9 Å². The maximum Gasteiger partial charge on any atom is 0.150 e. The molecule has 0 unspecified atom stereocenters. The van der Waals surface area contributed by atoms with Gasteiger partial charge in [-0.25, -0.2) is 0 Å². The maximum absolute atomic E-state index is 5.39. The van der Waals surface area contributed by atoms with E-state index in [2.05, 4.69) is 25.9 Å². The molecule has 1 aromatic rings. The highest BCUT2D eigenvalue weighted by Gasteiger charge is 2.14. The zero-order valence-electron chi connectivity index (χ0n) is 7.92. The Morgan fingerprint density at radius 2 is 2.17 bits per heavy atom. The summed E-state index contributed by atoms with van der Waals surface area (Å²) >= 11 is 0. The number of aromatic nitrogens is 1. The first-order valence-corrected chi connectivity index (χ1v) is 4.16. The third-order valence-corrected chi connectivity index (χ3v) is 1.52. The Balaban J connectivity index is 2.64. The molecule has 12 heavy (non-hydrogen) atoms. The second kappa shape index (κ2) is 3.27. The van der Waals surface area contributed by atoms with Crippen molar-refractivity contribution in [2.75, 3.05) is 0 Å². The molecule has 0 spiro atoms. The Morgan fingerprint density at radius 3 is 2.58 bits per heavy atom. The predicted octanol–water partition coefficient (Wildman–Crippen LogP) is 1.72. The number of hydrogen-bond donors (Lipinski definition) is 1. The van der Waals surface area contributed by atoms with E-state index in [4.69, 9.17) is 10.3 Å².